The Bertz CT molecular complexity index is 266. The maximum atomic E-state index is 6.20. The van der Waals surface area contributed by atoms with Crippen LogP contribution in [0.15, 0.2) is 0 Å². The molecule has 3 heteroatoms. The Labute approximate surface area is 125 Å². The molecule has 2 aliphatic rings. The van der Waals surface area contributed by atoms with E-state index >= 15 is 0 Å². The number of hydrogen-bond acceptors (Lipinski definition) is 3. The Balaban J connectivity index is 1.61. The molecule has 0 aromatic carbocycles. The molecule has 2 fully saturated rings. The zero-order valence-electron chi connectivity index (χ0n) is 13.7. The third kappa shape index (κ3) is 5.34. The van der Waals surface area contributed by atoms with E-state index in [1.165, 1.54) is 45.2 Å². The Hall–Kier alpha value is -0.120. The van der Waals surface area contributed by atoms with Crippen LogP contribution in [0.3, 0.4) is 0 Å². The molecule has 1 aliphatic carbocycles. The van der Waals surface area contributed by atoms with Gasteiger partial charge in [0.2, 0.25) is 0 Å². The molecule has 3 nitrogen and oxygen atoms in total. The number of hydrogen-bond donors (Lipinski definition) is 1. The van der Waals surface area contributed by atoms with E-state index in [-0.39, 0.29) is 0 Å². The van der Waals surface area contributed by atoms with E-state index in [2.05, 4.69) is 31.0 Å². The summed E-state index contributed by atoms with van der Waals surface area (Å²) in [6.07, 6.45) is 7.74. The van der Waals surface area contributed by atoms with Gasteiger partial charge in [-0.05, 0) is 50.6 Å². The number of rotatable bonds is 9. The summed E-state index contributed by atoms with van der Waals surface area (Å²) in [5, 5.41) is 3.53. The fourth-order valence-corrected chi connectivity index (χ4v) is 3.26. The van der Waals surface area contributed by atoms with Crippen LogP contribution in [0.1, 0.15) is 52.9 Å². The van der Waals surface area contributed by atoms with E-state index in [1.54, 1.807) is 0 Å². The molecule has 1 aliphatic heterocycles. The molecule has 1 saturated carbocycles. The van der Waals surface area contributed by atoms with Crippen molar-refractivity contribution in [2.24, 2.45) is 11.8 Å². The van der Waals surface area contributed by atoms with Crippen LogP contribution in [0.5, 0.6) is 0 Å². The predicted molar refractivity (Wildman–Crippen MR) is 85.1 cm³/mol. The first-order chi connectivity index (χ1) is 9.67. The number of nitrogens with zero attached hydrogens (tertiary/aromatic N) is 1. The second-order valence-electron chi connectivity index (χ2n) is 7.16. The summed E-state index contributed by atoms with van der Waals surface area (Å²) in [7, 11) is 0. The maximum absolute atomic E-state index is 6.20. The fourth-order valence-electron chi connectivity index (χ4n) is 3.26. The molecule has 0 aromatic rings. The Morgan fingerprint density at radius 1 is 1.10 bits per heavy atom. The summed E-state index contributed by atoms with van der Waals surface area (Å²) in [6.45, 7) is 12.6. The minimum atomic E-state index is 0.446. The number of nitrogens with one attached hydrogen (secondary N) is 1. The summed E-state index contributed by atoms with van der Waals surface area (Å²) in [4.78, 5) is 2.61. The average Bonchev–Trinajstić information content (AvgIpc) is 2.79. The zero-order valence-corrected chi connectivity index (χ0v) is 13.7. The predicted octanol–water partition coefficient (Wildman–Crippen LogP) is 2.90. The van der Waals surface area contributed by atoms with Gasteiger partial charge in [-0.3, -0.25) is 0 Å². The lowest BCUT2D eigenvalue weighted by Gasteiger charge is -2.33. The van der Waals surface area contributed by atoms with Crippen molar-refractivity contribution >= 4 is 0 Å². The fraction of sp³-hybridized carbons (Fsp3) is 1.00. The van der Waals surface area contributed by atoms with E-state index in [0.717, 1.165) is 31.5 Å². The molecule has 1 saturated heterocycles. The van der Waals surface area contributed by atoms with Crippen molar-refractivity contribution in [3.8, 4) is 0 Å². The summed E-state index contributed by atoms with van der Waals surface area (Å²) in [5.74, 6) is 1.70. The molecular weight excluding hydrogens is 248 g/mol. The van der Waals surface area contributed by atoms with Crippen molar-refractivity contribution in [1.29, 1.82) is 0 Å². The van der Waals surface area contributed by atoms with Gasteiger partial charge < -0.3 is 15.0 Å². The van der Waals surface area contributed by atoms with Gasteiger partial charge in [-0.25, -0.2) is 0 Å². The third-order valence-electron chi connectivity index (χ3n) is 4.77. The molecule has 0 amide bonds. The first-order valence-electron chi connectivity index (χ1n) is 8.75. The van der Waals surface area contributed by atoms with Crippen LogP contribution in [0, 0.1) is 11.8 Å². The normalized spacial score (nSPS) is 27.4. The lowest BCUT2D eigenvalue weighted by Crippen LogP contribution is -2.38. The van der Waals surface area contributed by atoms with Crippen LogP contribution in [0.4, 0.5) is 0 Å². The molecule has 118 valence electrons. The minimum Gasteiger partial charge on any atom is -0.372 e. The average molecular weight is 282 g/mol. The van der Waals surface area contributed by atoms with Gasteiger partial charge in [0.1, 0.15) is 0 Å². The van der Waals surface area contributed by atoms with E-state index in [9.17, 15) is 0 Å². The SMILES string of the molecule is CCN(CC1CCC1)CC1CCC(CNCC(C)C)O1. The van der Waals surface area contributed by atoms with Gasteiger partial charge in [-0.1, -0.05) is 27.2 Å². The van der Waals surface area contributed by atoms with Crippen LogP contribution in [0.25, 0.3) is 0 Å². The number of ether oxygens (including phenoxy) is 1. The standard InChI is InChI=1S/C17H34N2O/c1-4-19(12-15-6-5-7-15)13-17-9-8-16(20-17)11-18-10-14(2)3/h14-18H,4-13H2,1-3H3. The first-order valence-corrected chi connectivity index (χ1v) is 8.75. The monoisotopic (exact) mass is 282 g/mol. The van der Waals surface area contributed by atoms with Crippen molar-refractivity contribution in [3.63, 3.8) is 0 Å². The second kappa shape index (κ2) is 8.35. The minimum absolute atomic E-state index is 0.446. The molecule has 0 aromatic heterocycles. The van der Waals surface area contributed by atoms with Gasteiger partial charge in [0.25, 0.3) is 0 Å². The maximum Gasteiger partial charge on any atom is 0.0707 e. The van der Waals surface area contributed by atoms with Gasteiger partial charge in [0.05, 0.1) is 12.2 Å². The molecule has 2 unspecified atom stereocenters. The van der Waals surface area contributed by atoms with Gasteiger partial charge in [0.15, 0.2) is 0 Å². The van der Waals surface area contributed by atoms with Gasteiger partial charge in [-0.2, -0.15) is 0 Å². The Morgan fingerprint density at radius 2 is 1.85 bits per heavy atom. The van der Waals surface area contributed by atoms with Crippen molar-refractivity contribution in [2.75, 3.05) is 32.7 Å². The Kier molecular flexibility index (Phi) is 6.79. The second-order valence-corrected chi connectivity index (χ2v) is 7.16. The van der Waals surface area contributed by atoms with Crippen molar-refractivity contribution < 1.29 is 4.74 Å². The molecule has 1 heterocycles. The molecule has 0 spiro atoms. The highest BCUT2D eigenvalue weighted by atomic mass is 16.5. The molecule has 20 heavy (non-hydrogen) atoms. The first kappa shape index (κ1) is 16.3. The molecule has 0 radical (unpaired) electrons. The summed E-state index contributed by atoms with van der Waals surface area (Å²) < 4.78 is 6.20. The zero-order chi connectivity index (χ0) is 14.4. The van der Waals surface area contributed by atoms with Gasteiger partial charge in [0, 0.05) is 19.6 Å². The smallest absolute Gasteiger partial charge is 0.0707 e. The van der Waals surface area contributed by atoms with E-state index in [4.69, 9.17) is 4.74 Å². The Morgan fingerprint density at radius 3 is 2.45 bits per heavy atom. The molecule has 0 bridgehead atoms. The number of likely N-dealkylation sites (N-methyl/N-ethyl adjacent to an activating group) is 1. The van der Waals surface area contributed by atoms with E-state index in [1.807, 2.05) is 0 Å². The molecule has 1 N–H and O–H groups in total. The lowest BCUT2D eigenvalue weighted by atomic mass is 9.85. The highest BCUT2D eigenvalue weighted by molar-refractivity contribution is 4.80. The van der Waals surface area contributed by atoms with Crippen LogP contribution >= 0.6 is 0 Å². The van der Waals surface area contributed by atoms with Crippen LogP contribution in [-0.2, 0) is 4.74 Å². The third-order valence-corrected chi connectivity index (χ3v) is 4.77. The summed E-state index contributed by atoms with van der Waals surface area (Å²) in [5.41, 5.74) is 0. The summed E-state index contributed by atoms with van der Waals surface area (Å²) >= 11 is 0. The van der Waals surface area contributed by atoms with Gasteiger partial charge >= 0.3 is 0 Å². The lowest BCUT2D eigenvalue weighted by molar-refractivity contribution is 0.0186. The highest BCUT2D eigenvalue weighted by Crippen LogP contribution is 2.28. The van der Waals surface area contributed by atoms with Crippen molar-refractivity contribution in [3.05, 3.63) is 0 Å². The van der Waals surface area contributed by atoms with Crippen molar-refractivity contribution in [2.45, 2.75) is 65.1 Å². The van der Waals surface area contributed by atoms with Crippen molar-refractivity contribution in [1.82, 2.24) is 10.2 Å². The topological polar surface area (TPSA) is 24.5 Å². The molecule has 2 atom stereocenters. The highest BCUT2D eigenvalue weighted by Gasteiger charge is 2.28. The quantitative estimate of drug-likeness (QED) is 0.704. The van der Waals surface area contributed by atoms with Gasteiger partial charge in [-0.15, -0.1) is 0 Å². The molecule has 2 rings (SSSR count). The van der Waals surface area contributed by atoms with Crippen LogP contribution in [-0.4, -0.2) is 49.8 Å². The van der Waals surface area contributed by atoms with Crippen LogP contribution < -0.4 is 5.32 Å². The summed E-state index contributed by atoms with van der Waals surface area (Å²) in [6, 6.07) is 0. The van der Waals surface area contributed by atoms with E-state index in [0.29, 0.717) is 12.2 Å². The van der Waals surface area contributed by atoms with Crippen LogP contribution in [0.2, 0.25) is 0 Å². The van der Waals surface area contributed by atoms with E-state index < -0.39 is 0 Å². The largest absolute Gasteiger partial charge is 0.372 e. The molecular formula is C17H34N2O.